The quantitative estimate of drug-likeness (QED) is 0.752. The maximum absolute atomic E-state index is 10.8. The van der Waals surface area contributed by atoms with Crippen molar-refractivity contribution in [3.8, 4) is 0 Å². The maximum Gasteiger partial charge on any atom is 0.345 e. The van der Waals surface area contributed by atoms with Crippen molar-refractivity contribution in [2.24, 2.45) is 0 Å². The van der Waals surface area contributed by atoms with Gasteiger partial charge in [-0.1, -0.05) is 25.5 Å². The average molecular weight is 267 g/mol. The molecule has 3 nitrogen and oxygen atoms in total. The summed E-state index contributed by atoms with van der Waals surface area (Å²) in [4.78, 5) is 11.2. The van der Waals surface area contributed by atoms with Crippen molar-refractivity contribution in [1.29, 1.82) is 0 Å². The molecule has 1 rings (SSSR count). The molecule has 2 N–H and O–H groups in total. The smallest absolute Gasteiger partial charge is 0.345 e. The molecular weight excluding hydrogens is 246 g/mol. The van der Waals surface area contributed by atoms with E-state index in [2.05, 4.69) is 39.1 Å². The van der Waals surface area contributed by atoms with E-state index in [1.54, 1.807) is 6.07 Å². The Morgan fingerprint density at radius 1 is 1.56 bits per heavy atom. The van der Waals surface area contributed by atoms with Gasteiger partial charge in [-0.05, 0) is 32.8 Å². The van der Waals surface area contributed by atoms with E-state index < -0.39 is 5.97 Å². The van der Waals surface area contributed by atoms with Crippen molar-refractivity contribution < 1.29 is 9.90 Å². The molecule has 0 aliphatic heterocycles. The molecule has 0 saturated carbocycles. The minimum atomic E-state index is -0.869. The van der Waals surface area contributed by atoms with Crippen LogP contribution in [0.4, 0.5) is 5.69 Å². The van der Waals surface area contributed by atoms with Crippen LogP contribution < -0.4 is 5.32 Å². The Labute approximate surface area is 113 Å². The Balaban J connectivity index is 2.87. The highest BCUT2D eigenvalue weighted by Gasteiger charge is 2.20. The number of hydrogen-bond acceptors (Lipinski definition) is 3. The number of carboxylic acids is 1. The highest BCUT2D eigenvalue weighted by atomic mass is 32.1. The number of anilines is 1. The maximum atomic E-state index is 10.8. The molecule has 0 aliphatic rings. The number of allylic oxidation sites excluding steroid dienone is 1. The van der Waals surface area contributed by atoms with Crippen LogP contribution in [0, 0.1) is 0 Å². The number of thiophene rings is 1. The van der Waals surface area contributed by atoms with Crippen LogP contribution in [-0.4, -0.2) is 16.6 Å². The molecule has 100 valence electrons. The lowest BCUT2D eigenvalue weighted by Crippen LogP contribution is -2.31. The summed E-state index contributed by atoms with van der Waals surface area (Å²) in [5.41, 5.74) is 2.08. The first kappa shape index (κ1) is 14.8. The van der Waals surface area contributed by atoms with Crippen LogP contribution in [0.15, 0.2) is 23.1 Å². The topological polar surface area (TPSA) is 49.3 Å². The molecule has 0 bridgehead atoms. The minimum absolute atomic E-state index is 0.128. The predicted octanol–water partition coefficient (Wildman–Crippen LogP) is 4.38. The second-order valence-electron chi connectivity index (χ2n) is 4.75. The average Bonchev–Trinajstić information content (AvgIpc) is 2.77. The van der Waals surface area contributed by atoms with Crippen molar-refractivity contribution >= 4 is 23.0 Å². The van der Waals surface area contributed by atoms with E-state index in [-0.39, 0.29) is 5.54 Å². The van der Waals surface area contributed by atoms with E-state index in [1.165, 1.54) is 16.9 Å². The first-order valence-electron chi connectivity index (χ1n) is 6.18. The largest absolute Gasteiger partial charge is 0.477 e. The summed E-state index contributed by atoms with van der Waals surface area (Å²) >= 11 is 1.25. The summed E-state index contributed by atoms with van der Waals surface area (Å²) in [7, 11) is 0. The van der Waals surface area contributed by atoms with E-state index >= 15 is 0 Å². The third-order valence-corrected chi connectivity index (χ3v) is 4.02. The number of nitrogens with one attached hydrogen (secondary N) is 1. The molecule has 1 aromatic heterocycles. The fourth-order valence-electron chi connectivity index (χ4n) is 1.72. The van der Waals surface area contributed by atoms with E-state index in [4.69, 9.17) is 5.11 Å². The highest BCUT2D eigenvalue weighted by Crippen LogP contribution is 2.26. The predicted molar refractivity (Wildman–Crippen MR) is 77.6 cm³/mol. The number of rotatable bonds is 6. The van der Waals surface area contributed by atoms with Crippen LogP contribution in [0.5, 0.6) is 0 Å². The molecule has 1 aromatic rings. The van der Waals surface area contributed by atoms with Gasteiger partial charge in [0.2, 0.25) is 0 Å². The lowest BCUT2D eigenvalue weighted by atomic mass is 9.95. The van der Waals surface area contributed by atoms with Gasteiger partial charge in [0.15, 0.2) is 0 Å². The van der Waals surface area contributed by atoms with Gasteiger partial charge >= 0.3 is 5.97 Å². The van der Waals surface area contributed by atoms with Gasteiger partial charge in [0, 0.05) is 11.1 Å². The number of carbonyl (C=O) groups is 1. The standard InChI is InChI=1S/C14H21NO2S/c1-5-10(3)8-14(4,6-2)15-11-7-12(13(16)17)18-9-11/h7-9,15H,5-6H2,1-4H3,(H,16,17). The molecule has 0 aromatic carbocycles. The molecule has 0 fully saturated rings. The zero-order valence-corrected chi connectivity index (χ0v) is 12.2. The van der Waals surface area contributed by atoms with Crippen molar-refractivity contribution in [2.75, 3.05) is 5.32 Å². The summed E-state index contributed by atoms with van der Waals surface area (Å²) in [6.45, 7) is 8.50. The molecule has 0 aliphatic carbocycles. The molecular formula is C14H21NO2S. The summed E-state index contributed by atoms with van der Waals surface area (Å²) in [5.74, 6) is -0.869. The zero-order chi connectivity index (χ0) is 13.8. The fourth-order valence-corrected chi connectivity index (χ4v) is 2.39. The highest BCUT2D eigenvalue weighted by molar-refractivity contribution is 7.12. The normalized spacial score (nSPS) is 15.2. The van der Waals surface area contributed by atoms with Gasteiger partial charge in [-0.15, -0.1) is 11.3 Å². The van der Waals surface area contributed by atoms with Crippen LogP contribution in [0.3, 0.4) is 0 Å². The van der Waals surface area contributed by atoms with Gasteiger partial charge in [0.05, 0.1) is 5.54 Å². The Morgan fingerprint density at radius 3 is 2.67 bits per heavy atom. The molecule has 0 amide bonds. The molecule has 1 unspecified atom stereocenters. The summed E-state index contributed by atoms with van der Waals surface area (Å²) in [6, 6.07) is 1.69. The second kappa shape index (κ2) is 6.05. The van der Waals surface area contributed by atoms with Crippen molar-refractivity contribution in [3.63, 3.8) is 0 Å². The van der Waals surface area contributed by atoms with E-state index in [0.29, 0.717) is 4.88 Å². The van der Waals surface area contributed by atoms with Crippen LogP contribution in [0.25, 0.3) is 0 Å². The Morgan fingerprint density at radius 2 is 2.22 bits per heavy atom. The molecule has 0 spiro atoms. The SMILES string of the molecule is CCC(C)=CC(C)(CC)Nc1csc(C(=O)O)c1. The third kappa shape index (κ3) is 3.88. The third-order valence-electron chi connectivity index (χ3n) is 3.10. The van der Waals surface area contributed by atoms with E-state index in [1.807, 2.05) is 5.38 Å². The summed E-state index contributed by atoms with van der Waals surface area (Å²) in [6.07, 6.45) is 4.20. The summed E-state index contributed by atoms with van der Waals surface area (Å²) in [5, 5.41) is 14.2. The van der Waals surface area contributed by atoms with Crippen molar-refractivity contribution in [1.82, 2.24) is 0 Å². The number of hydrogen-bond donors (Lipinski definition) is 2. The van der Waals surface area contributed by atoms with E-state index in [0.717, 1.165) is 18.5 Å². The van der Waals surface area contributed by atoms with Gasteiger partial charge in [0.1, 0.15) is 4.88 Å². The van der Waals surface area contributed by atoms with Crippen molar-refractivity contribution in [2.45, 2.75) is 46.1 Å². The Hall–Kier alpha value is -1.29. The summed E-state index contributed by atoms with van der Waals surface area (Å²) < 4.78 is 0. The van der Waals surface area contributed by atoms with Gasteiger partial charge in [0.25, 0.3) is 0 Å². The first-order valence-corrected chi connectivity index (χ1v) is 7.06. The first-order chi connectivity index (χ1) is 8.40. The van der Waals surface area contributed by atoms with Gasteiger partial charge < -0.3 is 10.4 Å². The lowest BCUT2D eigenvalue weighted by molar-refractivity contribution is 0.0702. The van der Waals surface area contributed by atoms with Gasteiger partial charge in [-0.25, -0.2) is 4.79 Å². The fraction of sp³-hybridized carbons (Fsp3) is 0.500. The van der Waals surface area contributed by atoms with E-state index in [9.17, 15) is 4.79 Å². The molecule has 0 radical (unpaired) electrons. The molecule has 1 atom stereocenters. The zero-order valence-electron chi connectivity index (χ0n) is 11.4. The Kier molecular flexibility index (Phi) is 4.96. The number of aromatic carboxylic acids is 1. The van der Waals surface area contributed by atoms with Gasteiger partial charge in [-0.3, -0.25) is 0 Å². The van der Waals surface area contributed by atoms with Crippen LogP contribution >= 0.6 is 11.3 Å². The molecule has 4 heteroatoms. The monoisotopic (exact) mass is 267 g/mol. The molecule has 1 heterocycles. The number of carboxylic acid groups (broad SMARTS) is 1. The van der Waals surface area contributed by atoms with Gasteiger partial charge in [-0.2, -0.15) is 0 Å². The van der Waals surface area contributed by atoms with Crippen LogP contribution in [-0.2, 0) is 0 Å². The molecule has 18 heavy (non-hydrogen) atoms. The second-order valence-corrected chi connectivity index (χ2v) is 5.66. The van der Waals surface area contributed by atoms with Crippen molar-refractivity contribution in [3.05, 3.63) is 28.0 Å². The molecule has 0 saturated heterocycles. The van der Waals surface area contributed by atoms with Crippen LogP contribution in [0.1, 0.15) is 50.2 Å². The Bertz CT molecular complexity index is 450. The minimum Gasteiger partial charge on any atom is -0.477 e. The van der Waals surface area contributed by atoms with Crippen LogP contribution in [0.2, 0.25) is 0 Å². The lowest BCUT2D eigenvalue weighted by Gasteiger charge is -2.27.